The summed E-state index contributed by atoms with van der Waals surface area (Å²) in [4.78, 5) is 29.9. The maximum atomic E-state index is 12.8. The van der Waals surface area contributed by atoms with Gasteiger partial charge in [0.05, 0.1) is 11.8 Å². The minimum Gasteiger partial charge on any atom is -0.326 e. The molecule has 3 aromatic carbocycles. The number of aryl methyl sites for hydroxylation is 3. The van der Waals surface area contributed by atoms with Crippen LogP contribution in [0.25, 0.3) is 0 Å². The van der Waals surface area contributed by atoms with Crippen LogP contribution < -0.4 is 5.32 Å². The number of benzene rings is 3. The number of aliphatic imine (C=N–C) groups is 1. The van der Waals surface area contributed by atoms with E-state index in [0.717, 1.165) is 33.7 Å². The Balaban J connectivity index is 1.34. The number of hydrazone groups is 1. The van der Waals surface area contributed by atoms with E-state index in [2.05, 4.69) is 41.5 Å². The molecule has 0 aliphatic carbocycles. The summed E-state index contributed by atoms with van der Waals surface area (Å²) >= 11 is 1.32. The van der Waals surface area contributed by atoms with E-state index in [1.165, 1.54) is 17.3 Å². The first kappa shape index (κ1) is 24.0. The summed E-state index contributed by atoms with van der Waals surface area (Å²) in [6.45, 7) is 6.03. The molecular formula is C29H28N4O2S. The van der Waals surface area contributed by atoms with Gasteiger partial charge in [0, 0.05) is 18.5 Å². The fourth-order valence-corrected chi connectivity index (χ4v) is 5.53. The molecule has 2 aliphatic rings. The first-order valence-corrected chi connectivity index (χ1v) is 12.9. The maximum Gasteiger partial charge on any atom is 0.262 e. The highest BCUT2D eigenvalue weighted by molar-refractivity contribution is 8.15. The van der Waals surface area contributed by atoms with Gasteiger partial charge in [-0.25, -0.2) is 5.01 Å². The highest BCUT2D eigenvalue weighted by Crippen LogP contribution is 2.38. The molecule has 0 aromatic heterocycles. The number of hydrogen-bond donors (Lipinski definition) is 1. The standard InChI is InChI=1S/C29H28N4O2S/c1-18-9-12-22(13-10-18)25-16-24(21-7-5-4-6-8-21)32-33(25)29-31-28(35)26(36-29)17-27(34)30-23-14-11-19(2)15-20(23)3/h4-15,25-26H,16-17H2,1-3H3,(H,30,34)/t25-,26+/m1/s1. The van der Waals surface area contributed by atoms with Crippen LogP contribution in [0.4, 0.5) is 5.69 Å². The molecule has 3 aromatic rings. The van der Waals surface area contributed by atoms with Crippen molar-refractivity contribution in [3.05, 3.63) is 101 Å². The number of carbonyl (C=O) groups is 2. The van der Waals surface area contributed by atoms with Crippen molar-refractivity contribution in [2.24, 2.45) is 10.1 Å². The maximum absolute atomic E-state index is 12.8. The van der Waals surface area contributed by atoms with Gasteiger partial charge in [0.1, 0.15) is 5.25 Å². The van der Waals surface area contributed by atoms with Crippen LogP contribution in [-0.2, 0) is 9.59 Å². The Morgan fingerprint density at radius 1 is 1.00 bits per heavy atom. The Morgan fingerprint density at radius 2 is 1.72 bits per heavy atom. The quantitative estimate of drug-likeness (QED) is 0.485. The van der Waals surface area contributed by atoms with E-state index in [4.69, 9.17) is 5.10 Å². The van der Waals surface area contributed by atoms with E-state index < -0.39 is 5.25 Å². The van der Waals surface area contributed by atoms with Crippen molar-refractivity contribution in [1.82, 2.24) is 5.01 Å². The van der Waals surface area contributed by atoms with Gasteiger partial charge >= 0.3 is 0 Å². The molecule has 2 amide bonds. The molecule has 5 rings (SSSR count). The van der Waals surface area contributed by atoms with E-state index in [0.29, 0.717) is 11.6 Å². The number of nitrogens with one attached hydrogen (secondary N) is 1. The average molecular weight is 497 g/mol. The number of rotatable bonds is 5. The van der Waals surface area contributed by atoms with E-state index in [-0.39, 0.29) is 24.3 Å². The van der Waals surface area contributed by atoms with Crippen LogP contribution in [-0.4, -0.2) is 33.0 Å². The molecule has 0 unspecified atom stereocenters. The molecule has 7 heteroatoms. The smallest absolute Gasteiger partial charge is 0.262 e. The SMILES string of the molecule is Cc1ccc([C@H]2CC(c3ccccc3)=NN2C2=NC(=O)[C@H](CC(=O)Nc3ccc(C)cc3C)S2)cc1. The van der Waals surface area contributed by atoms with Crippen molar-refractivity contribution < 1.29 is 9.59 Å². The Morgan fingerprint density at radius 3 is 2.44 bits per heavy atom. The van der Waals surface area contributed by atoms with Crippen LogP contribution in [0.2, 0.25) is 0 Å². The number of carbonyl (C=O) groups excluding carboxylic acids is 2. The minimum atomic E-state index is -0.569. The zero-order chi connectivity index (χ0) is 25.2. The number of hydrogen-bond acceptors (Lipinski definition) is 5. The lowest BCUT2D eigenvalue weighted by Crippen LogP contribution is -2.25. The zero-order valence-electron chi connectivity index (χ0n) is 20.6. The molecule has 2 heterocycles. The lowest BCUT2D eigenvalue weighted by molar-refractivity contribution is -0.121. The van der Waals surface area contributed by atoms with Crippen LogP contribution in [0, 0.1) is 20.8 Å². The lowest BCUT2D eigenvalue weighted by atomic mass is 9.98. The summed E-state index contributed by atoms with van der Waals surface area (Å²) in [5.74, 6) is -0.494. The van der Waals surface area contributed by atoms with Gasteiger partial charge < -0.3 is 5.32 Å². The summed E-state index contributed by atoms with van der Waals surface area (Å²) in [6.07, 6.45) is 0.765. The number of amides is 2. The van der Waals surface area contributed by atoms with Gasteiger partial charge in [0.25, 0.3) is 5.91 Å². The molecule has 6 nitrogen and oxygen atoms in total. The summed E-state index contributed by atoms with van der Waals surface area (Å²) in [6, 6.07) is 24.3. The third kappa shape index (κ3) is 5.11. The topological polar surface area (TPSA) is 74.1 Å². The van der Waals surface area contributed by atoms with Crippen molar-refractivity contribution in [2.75, 3.05) is 5.32 Å². The van der Waals surface area contributed by atoms with Crippen molar-refractivity contribution in [2.45, 2.75) is 44.9 Å². The third-order valence-corrected chi connectivity index (χ3v) is 7.57. The molecule has 0 saturated carbocycles. The molecule has 0 fully saturated rings. The van der Waals surface area contributed by atoms with Gasteiger partial charge in [-0.05, 0) is 43.5 Å². The Hall–Kier alpha value is -3.71. The summed E-state index contributed by atoms with van der Waals surface area (Å²) in [7, 11) is 0. The molecule has 182 valence electrons. The molecule has 2 aliphatic heterocycles. The molecule has 0 radical (unpaired) electrons. The number of nitrogens with zero attached hydrogens (tertiary/aromatic N) is 3. The summed E-state index contributed by atoms with van der Waals surface area (Å²) in [5, 5.41) is 9.67. The van der Waals surface area contributed by atoms with Crippen molar-refractivity contribution in [3.63, 3.8) is 0 Å². The van der Waals surface area contributed by atoms with Gasteiger partial charge in [0.2, 0.25) is 5.91 Å². The van der Waals surface area contributed by atoms with Gasteiger partial charge in [-0.2, -0.15) is 10.1 Å². The largest absolute Gasteiger partial charge is 0.326 e. The Kier molecular flexibility index (Phi) is 6.74. The minimum absolute atomic E-state index is 0.0577. The molecule has 2 atom stereocenters. The monoisotopic (exact) mass is 496 g/mol. The molecule has 0 saturated heterocycles. The van der Waals surface area contributed by atoms with E-state index in [9.17, 15) is 9.59 Å². The van der Waals surface area contributed by atoms with Crippen molar-refractivity contribution in [1.29, 1.82) is 0 Å². The molecule has 1 N–H and O–H groups in total. The number of thioether (sulfide) groups is 1. The molecule has 0 bridgehead atoms. The predicted molar refractivity (Wildman–Crippen MR) is 146 cm³/mol. The van der Waals surface area contributed by atoms with Crippen molar-refractivity contribution in [3.8, 4) is 0 Å². The normalized spacial score (nSPS) is 19.3. The second-order valence-electron chi connectivity index (χ2n) is 9.30. The number of anilines is 1. The van der Waals surface area contributed by atoms with Crippen LogP contribution in [0.3, 0.4) is 0 Å². The molecule has 0 spiro atoms. The fourth-order valence-electron chi connectivity index (χ4n) is 4.47. The van der Waals surface area contributed by atoms with Gasteiger partial charge in [-0.3, -0.25) is 9.59 Å². The first-order valence-electron chi connectivity index (χ1n) is 12.0. The van der Waals surface area contributed by atoms with Crippen LogP contribution in [0.15, 0.2) is 82.9 Å². The zero-order valence-corrected chi connectivity index (χ0v) is 21.4. The van der Waals surface area contributed by atoms with Gasteiger partial charge in [-0.1, -0.05) is 89.6 Å². The first-order chi connectivity index (χ1) is 17.4. The Bertz CT molecular complexity index is 1370. The molecular weight excluding hydrogens is 468 g/mol. The van der Waals surface area contributed by atoms with Crippen LogP contribution in [0.5, 0.6) is 0 Å². The predicted octanol–water partition coefficient (Wildman–Crippen LogP) is 5.79. The molecule has 36 heavy (non-hydrogen) atoms. The van der Waals surface area contributed by atoms with Crippen molar-refractivity contribution >= 4 is 40.1 Å². The van der Waals surface area contributed by atoms with Crippen LogP contribution >= 0.6 is 11.8 Å². The Labute approximate surface area is 215 Å². The highest BCUT2D eigenvalue weighted by Gasteiger charge is 2.39. The summed E-state index contributed by atoms with van der Waals surface area (Å²) < 4.78 is 0. The van der Waals surface area contributed by atoms with Crippen LogP contribution in [0.1, 0.15) is 46.7 Å². The third-order valence-electron chi connectivity index (χ3n) is 6.43. The summed E-state index contributed by atoms with van der Waals surface area (Å²) in [5.41, 5.74) is 7.19. The van der Waals surface area contributed by atoms with E-state index in [1.54, 1.807) is 0 Å². The fraction of sp³-hybridized carbons (Fsp3) is 0.241. The average Bonchev–Trinajstić information content (AvgIpc) is 3.46. The number of amidine groups is 1. The van der Waals surface area contributed by atoms with Gasteiger partial charge in [0.15, 0.2) is 5.17 Å². The second-order valence-corrected chi connectivity index (χ2v) is 10.5. The highest BCUT2D eigenvalue weighted by atomic mass is 32.2. The lowest BCUT2D eigenvalue weighted by Gasteiger charge is -2.23. The second kappa shape index (κ2) is 10.1. The van der Waals surface area contributed by atoms with E-state index in [1.807, 2.05) is 67.4 Å². The van der Waals surface area contributed by atoms with E-state index >= 15 is 0 Å². The van der Waals surface area contributed by atoms with Gasteiger partial charge in [-0.15, -0.1) is 0 Å².